The maximum absolute atomic E-state index is 12.8. The standard InChI is InChI=1S/C40H60O3Si/c1-5-6-9-15-33-21-25-35(26-22-33)36-27-23-34(24-28-36)16-14-31-43-39(41)32(2)29-30-40(3,4)44(42,37-17-10-7-11-18-37)38-19-12-8-13-20-38/h7-8,10-13,17-20,33-36,42H,2,5-6,9,14-16,21-31H2,1,3-4H3. The summed E-state index contributed by atoms with van der Waals surface area (Å²) in [7, 11) is -3.10. The van der Waals surface area contributed by atoms with Crippen LogP contribution >= 0.6 is 0 Å². The summed E-state index contributed by atoms with van der Waals surface area (Å²) >= 11 is 0. The highest BCUT2D eigenvalue weighted by atomic mass is 28.4. The van der Waals surface area contributed by atoms with E-state index < -0.39 is 13.4 Å². The smallest absolute Gasteiger partial charge is 0.333 e. The van der Waals surface area contributed by atoms with Gasteiger partial charge in [0.05, 0.1) is 6.61 Å². The molecule has 44 heavy (non-hydrogen) atoms. The Balaban J connectivity index is 1.15. The molecule has 3 nitrogen and oxygen atoms in total. The highest BCUT2D eigenvalue weighted by Gasteiger charge is 2.49. The number of ether oxygens (including phenoxy) is 1. The molecule has 0 unspecified atom stereocenters. The molecule has 242 valence electrons. The van der Waals surface area contributed by atoms with E-state index in [0.29, 0.717) is 25.0 Å². The van der Waals surface area contributed by atoms with Gasteiger partial charge in [0.15, 0.2) is 0 Å². The van der Waals surface area contributed by atoms with Crippen molar-refractivity contribution in [2.24, 2.45) is 23.7 Å². The van der Waals surface area contributed by atoms with E-state index in [-0.39, 0.29) is 5.97 Å². The predicted octanol–water partition coefficient (Wildman–Crippen LogP) is 9.37. The first-order valence-corrected chi connectivity index (χ1v) is 19.9. The molecule has 4 heteroatoms. The second-order valence-corrected chi connectivity index (χ2v) is 18.7. The Morgan fingerprint density at radius 2 is 1.27 bits per heavy atom. The fourth-order valence-corrected chi connectivity index (χ4v) is 12.0. The molecular weight excluding hydrogens is 557 g/mol. The summed E-state index contributed by atoms with van der Waals surface area (Å²) in [5, 5.41) is 1.57. The Morgan fingerprint density at radius 3 is 1.75 bits per heavy atom. The van der Waals surface area contributed by atoms with Gasteiger partial charge in [-0.15, -0.1) is 0 Å². The molecule has 0 heterocycles. The molecule has 0 bridgehead atoms. The van der Waals surface area contributed by atoms with Gasteiger partial charge >= 0.3 is 5.97 Å². The predicted molar refractivity (Wildman–Crippen MR) is 188 cm³/mol. The van der Waals surface area contributed by atoms with Crippen molar-refractivity contribution in [1.29, 1.82) is 0 Å². The first-order chi connectivity index (χ1) is 21.2. The number of rotatable bonds is 16. The lowest BCUT2D eigenvalue weighted by molar-refractivity contribution is -0.139. The number of esters is 1. The van der Waals surface area contributed by atoms with Crippen LogP contribution in [0, 0.1) is 23.7 Å². The van der Waals surface area contributed by atoms with Crippen LogP contribution in [0.4, 0.5) is 0 Å². The molecule has 0 radical (unpaired) electrons. The molecular formula is C40H60O3Si. The number of carbonyl (C=O) groups is 1. The lowest BCUT2D eigenvalue weighted by Gasteiger charge is -2.41. The third-order valence-electron chi connectivity index (χ3n) is 11.4. The number of hydrogen-bond acceptors (Lipinski definition) is 3. The van der Waals surface area contributed by atoms with Crippen molar-refractivity contribution in [3.63, 3.8) is 0 Å². The summed E-state index contributed by atoms with van der Waals surface area (Å²) in [6.07, 6.45) is 20.4. The van der Waals surface area contributed by atoms with Crippen LogP contribution in [0.15, 0.2) is 72.8 Å². The van der Waals surface area contributed by atoms with Crippen molar-refractivity contribution >= 4 is 24.7 Å². The lowest BCUT2D eigenvalue weighted by Crippen LogP contribution is -2.65. The zero-order valence-electron chi connectivity index (χ0n) is 28.1. The zero-order chi connectivity index (χ0) is 31.4. The Morgan fingerprint density at radius 1 is 0.795 bits per heavy atom. The van der Waals surface area contributed by atoms with Gasteiger partial charge in [0.2, 0.25) is 0 Å². The summed E-state index contributed by atoms with van der Waals surface area (Å²) in [5.74, 6) is 3.46. The minimum atomic E-state index is -3.10. The molecule has 1 N–H and O–H groups in total. The highest BCUT2D eigenvalue weighted by Crippen LogP contribution is 2.43. The topological polar surface area (TPSA) is 46.5 Å². The van der Waals surface area contributed by atoms with E-state index in [0.717, 1.165) is 46.9 Å². The molecule has 4 rings (SSSR count). The number of unbranched alkanes of at least 4 members (excludes halogenated alkanes) is 2. The van der Waals surface area contributed by atoms with Crippen LogP contribution in [-0.4, -0.2) is 25.7 Å². The molecule has 2 aromatic rings. The van der Waals surface area contributed by atoms with E-state index in [1.54, 1.807) is 0 Å². The Bertz CT molecular complexity index is 1090. The quantitative estimate of drug-likeness (QED) is 0.0885. The summed E-state index contributed by atoms with van der Waals surface area (Å²) in [4.78, 5) is 25.2. The normalized spacial score (nSPS) is 22.8. The zero-order valence-corrected chi connectivity index (χ0v) is 29.1. The van der Waals surface area contributed by atoms with Gasteiger partial charge in [0.1, 0.15) is 0 Å². The Kier molecular flexibility index (Phi) is 13.4. The van der Waals surface area contributed by atoms with Crippen molar-refractivity contribution in [1.82, 2.24) is 0 Å². The Hall–Kier alpha value is -2.17. The highest BCUT2D eigenvalue weighted by molar-refractivity contribution is 6.98. The molecule has 2 aliphatic carbocycles. The molecule has 0 aliphatic heterocycles. The minimum absolute atomic E-state index is 0.278. The fourth-order valence-electron chi connectivity index (χ4n) is 8.27. The molecule has 2 aliphatic rings. The van der Waals surface area contributed by atoms with Crippen LogP contribution in [-0.2, 0) is 9.53 Å². The average Bonchev–Trinajstić information content (AvgIpc) is 3.06. The molecule has 2 fully saturated rings. The van der Waals surface area contributed by atoms with Crippen LogP contribution in [0.5, 0.6) is 0 Å². The third-order valence-corrected chi connectivity index (χ3v) is 15.9. The van der Waals surface area contributed by atoms with Gasteiger partial charge in [-0.1, -0.05) is 139 Å². The molecule has 0 atom stereocenters. The van der Waals surface area contributed by atoms with E-state index in [4.69, 9.17) is 4.74 Å². The van der Waals surface area contributed by atoms with Crippen LogP contribution in [0.3, 0.4) is 0 Å². The Labute approximate surface area is 270 Å². The fraction of sp³-hybridized carbons (Fsp3) is 0.625. The van der Waals surface area contributed by atoms with Crippen molar-refractivity contribution < 1.29 is 14.3 Å². The van der Waals surface area contributed by atoms with Crippen molar-refractivity contribution in [3.8, 4) is 0 Å². The number of carbonyl (C=O) groups excluding carboxylic acids is 1. The number of hydrogen-bond donors (Lipinski definition) is 1. The van der Waals surface area contributed by atoms with Crippen LogP contribution < -0.4 is 10.4 Å². The molecule has 2 aromatic carbocycles. The van der Waals surface area contributed by atoms with Crippen LogP contribution in [0.25, 0.3) is 0 Å². The number of benzene rings is 2. The summed E-state index contributed by atoms with van der Waals surface area (Å²) in [6.45, 7) is 11.1. The monoisotopic (exact) mass is 616 g/mol. The molecule has 0 saturated heterocycles. The van der Waals surface area contributed by atoms with Gasteiger partial charge in [-0.3, -0.25) is 0 Å². The summed E-state index contributed by atoms with van der Waals surface area (Å²) in [6, 6.07) is 20.1. The molecule has 0 spiro atoms. The largest absolute Gasteiger partial charge is 0.462 e. The van der Waals surface area contributed by atoms with E-state index >= 15 is 0 Å². The van der Waals surface area contributed by atoms with E-state index in [2.05, 4.69) is 27.4 Å². The van der Waals surface area contributed by atoms with Crippen molar-refractivity contribution in [3.05, 3.63) is 72.8 Å². The molecule has 0 aromatic heterocycles. The SMILES string of the molecule is C=C(CCC(C)(C)[Si](O)(c1ccccc1)c1ccccc1)C(=O)OCCCC1CCC(C2CCC(CCCCC)CC2)CC1. The second kappa shape index (κ2) is 16.9. The van der Waals surface area contributed by atoms with Gasteiger partial charge in [-0.05, 0) is 90.4 Å². The van der Waals surface area contributed by atoms with Crippen molar-refractivity contribution in [2.45, 2.75) is 129 Å². The van der Waals surface area contributed by atoms with Crippen molar-refractivity contribution in [2.75, 3.05) is 6.61 Å². The van der Waals surface area contributed by atoms with E-state index in [9.17, 15) is 9.59 Å². The second-order valence-electron chi connectivity index (χ2n) is 14.8. The maximum atomic E-state index is 12.8. The summed E-state index contributed by atoms with van der Waals surface area (Å²) < 4.78 is 5.69. The van der Waals surface area contributed by atoms with Crippen LogP contribution in [0.2, 0.25) is 5.04 Å². The van der Waals surface area contributed by atoms with Gasteiger partial charge in [-0.2, -0.15) is 0 Å². The van der Waals surface area contributed by atoms with Gasteiger partial charge in [0, 0.05) is 5.57 Å². The average molecular weight is 617 g/mol. The van der Waals surface area contributed by atoms with E-state index in [1.807, 2.05) is 60.7 Å². The molecule has 0 amide bonds. The first-order valence-electron chi connectivity index (χ1n) is 17.9. The summed E-state index contributed by atoms with van der Waals surface area (Å²) in [5.41, 5.74) is 0.510. The van der Waals surface area contributed by atoms with Gasteiger partial charge in [0.25, 0.3) is 8.32 Å². The van der Waals surface area contributed by atoms with E-state index in [1.165, 1.54) is 77.0 Å². The van der Waals surface area contributed by atoms with Gasteiger partial charge in [-0.25, -0.2) is 4.79 Å². The maximum Gasteiger partial charge on any atom is 0.333 e. The van der Waals surface area contributed by atoms with Crippen LogP contribution in [0.1, 0.15) is 124 Å². The minimum Gasteiger partial charge on any atom is -0.462 e. The lowest BCUT2D eigenvalue weighted by atomic mass is 9.68. The molecule has 2 saturated carbocycles. The first kappa shape index (κ1) is 34.7. The van der Waals surface area contributed by atoms with Gasteiger partial charge < -0.3 is 9.53 Å². The third kappa shape index (κ3) is 9.19.